The molecule has 2 N–H and O–H groups in total. The van der Waals surface area contributed by atoms with Crippen LogP contribution in [0.5, 0.6) is 0 Å². The summed E-state index contributed by atoms with van der Waals surface area (Å²) >= 11 is 0. The number of carbonyl (C=O) groups is 1. The molecule has 0 spiro atoms. The summed E-state index contributed by atoms with van der Waals surface area (Å²) in [6.07, 6.45) is -1.88. The Labute approximate surface area is 79.8 Å². The third kappa shape index (κ3) is 1.12. The second-order valence-electron chi connectivity index (χ2n) is 2.35. The molecule has 1 aliphatic heterocycles. The van der Waals surface area contributed by atoms with Crippen molar-refractivity contribution < 1.29 is 19.9 Å². The summed E-state index contributed by atoms with van der Waals surface area (Å²) in [6.45, 7) is 0. The van der Waals surface area contributed by atoms with Gasteiger partial charge in [0.15, 0.2) is 0 Å². The van der Waals surface area contributed by atoms with Crippen molar-refractivity contribution in [3.63, 3.8) is 0 Å². The van der Waals surface area contributed by atoms with Crippen LogP contribution in [0.3, 0.4) is 0 Å². The van der Waals surface area contributed by atoms with Gasteiger partial charge in [0.25, 0.3) is 0 Å². The molecule has 0 fully saturated rings. The normalized spacial score (nSPS) is 24.2. The minimum Gasteiger partial charge on any atom is -0.586 e. The van der Waals surface area contributed by atoms with Crippen molar-refractivity contribution in [1.29, 1.82) is 0 Å². The molecule has 15 heavy (non-hydrogen) atoms. The molecule has 0 aromatic carbocycles. The highest BCUT2D eigenvalue weighted by atomic mass is 16.7. The average Bonchev–Trinajstić information content (AvgIpc) is 2.72. The topological polar surface area (TPSA) is 161 Å². The van der Waals surface area contributed by atoms with Crippen LogP contribution in [0.4, 0.5) is 4.79 Å². The highest BCUT2D eigenvalue weighted by Crippen LogP contribution is 2.19. The van der Waals surface area contributed by atoms with Gasteiger partial charge in [-0.1, -0.05) is 19.8 Å². The molecule has 1 aromatic rings. The first-order valence-electron chi connectivity index (χ1n) is 3.38. The minimum absolute atomic E-state index is 0.100. The zero-order valence-electron chi connectivity index (χ0n) is 6.79. The summed E-state index contributed by atoms with van der Waals surface area (Å²) in [7, 11) is 0. The Morgan fingerprint density at radius 1 is 1.53 bits per heavy atom. The summed E-state index contributed by atoms with van der Waals surface area (Å²) in [5.74, 6) is -1.28. The third-order valence-corrected chi connectivity index (χ3v) is 1.51. The number of quaternary nitrogens is 1. The smallest absolute Gasteiger partial charge is 0.549 e. The molecular weight excluding hydrogens is 212 g/mol. The lowest BCUT2D eigenvalue weighted by Gasteiger charge is -2.21. The predicted octanol–water partition coefficient (Wildman–Crippen LogP) is -1.05. The molecule has 0 radical (unpaired) electrons. The molecule has 12 nitrogen and oxygen atoms in total. The molecular formula is C3H2N8O4. The Morgan fingerprint density at radius 2 is 2.27 bits per heavy atom. The summed E-state index contributed by atoms with van der Waals surface area (Å²) in [5, 5.41) is 47.2. The van der Waals surface area contributed by atoms with E-state index in [1.165, 1.54) is 0 Å². The fourth-order valence-electron chi connectivity index (χ4n) is 0.848. The third-order valence-electron chi connectivity index (χ3n) is 1.51. The van der Waals surface area contributed by atoms with E-state index in [1.54, 1.807) is 0 Å². The Kier molecular flexibility index (Phi) is 1.67. The number of carboxylic acid groups (broad SMARTS) is 1. The molecule has 1 atom stereocenters. The lowest BCUT2D eigenvalue weighted by atomic mass is 10.5. The lowest BCUT2D eigenvalue weighted by molar-refractivity contribution is -0.719. The molecule has 0 aliphatic carbocycles. The van der Waals surface area contributed by atoms with Gasteiger partial charge in [-0.2, -0.15) is 4.79 Å². The molecule has 0 saturated carbocycles. The Balaban J connectivity index is 2.49. The number of amides is 1. The zero-order valence-corrected chi connectivity index (χ0v) is 6.79. The molecule has 2 heterocycles. The molecule has 12 heteroatoms. The monoisotopic (exact) mass is 214 g/mol. The van der Waals surface area contributed by atoms with Gasteiger partial charge < -0.3 is 15.5 Å². The van der Waals surface area contributed by atoms with Crippen LogP contribution in [-0.4, -0.2) is 47.4 Å². The van der Waals surface area contributed by atoms with Gasteiger partial charge in [0.1, 0.15) is 0 Å². The van der Waals surface area contributed by atoms with Gasteiger partial charge in [0.05, 0.1) is 5.22 Å². The number of hydrogen-bond donors (Lipinski definition) is 2. The van der Waals surface area contributed by atoms with Crippen molar-refractivity contribution in [2.75, 3.05) is 0 Å². The quantitative estimate of drug-likeness (QED) is 0.342. The highest BCUT2D eigenvalue weighted by molar-refractivity contribution is 5.95. The largest absolute Gasteiger partial charge is 0.586 e. The van der Waals surface area contributed by atoms with Gasteiger partial charge in [0, 0.05) is 5.22 Å². The van der Waals surface area contributed by atoms with E-state index in [0.29, 0.717) is 0 Å². The Bertz CT molecular complexity index is 476. The number of amidine groups is 1. The molecule has 0 bridgehead atoms. The van der Waals surface area contributed by atoms with E-state index in [9.17, 15) is 10.0 Å². The fourth-order valence-corrected chi connectivity index (χ4v) is 0.848. The average molecular weight is 214 g/mol. The van der Waals surface area contributed by atoms with Crippen LogP contribution in [0.2, 0.25) is 0 Å². The summed E-state index contributed by atoms with van der Waals surface area (Å²) in [5.41, 5.74) is 0. The molecule has 78 valence electrons. The van der Waals surface area contributed by atoms with Crippen LogP contribution in [0.25, 0.3) is 0 Å². The highest BCUT2D eigenvalue weighted by Gasteiger charge is 2.44. The molecule has 1 amide bonds. The predicted molar refractivity (Wildman–Crippen MR) is 38.0 cm³/mol. The van der Waals surface area contributed by atoms with E-state index in [4.69, 9.17) is 10.3 Å². The first-order valence-corrected chi connectivity index (χ1v) is 3.38. The Hall–Kier alpha value is -2.47. The number of nitrogens with zero attached hydrogens (tertiary/aromatic N) is 8. The van der Waals surface area contributed by atoms with Crippen molar-refractivity contribution in [1.82, 2.24) is 20.4 Å². The zero-order chi connectivity index (χ0) is 11.1. The lowest BCUT2D eigenvalue weighted by Crippen LogP contribution is -2.46. The van der Waals surface area contributed by atoms with Crippen LogP contribution in [0.15, 0.2) is 15.5 Å². The van der Waals surface area contributed by atoms with Crippen LogP contribution >= 0.6 is 0 Å². The molecule has 1 aliphatic rings. The van der Waals surface area contributed by atoms with E-state index >= 15 is 0 Å². The Morgan fingerprint density at radius 3 is 2.80 bits per heavy atom. The van der Waals surface area contributed by atoms with E-state index < -0.39 is 22.5 Å². The summed E-state index contributed by atoms with van der Waals surface area (Å²) in [6, 6.07) is 0. The number of tetrazole rings is 1. The van der Waals surface area contributed by atoms with Gasteiger partial charge in [-0.15, -0.1) is 0 Å². The summed E-state index contributed by atoms with van der Waals surface area (Å²) in [4.78, 5) is 10.7. The maximum Gasteiger partial charge on any atom is 0.549 e. The van der Waals surface area contributed by atoms with E-state index in [2.05, 4.69) is 31.1 Å². The van der Waals surface area contributed by atoms with Crippen molar-refractivity contribution in [3.05, 3.63) is 11.0 Å². The first-order chi connectivity index (χ1) is 7.05. The number of aromatic nitrogens is 4. The van der Waals surface area contributed by atoms with Crippen LogP contribution in [-0.2, 0) is 0 Å². The van der Waals surface area contributed by atoms with Crippen LogP contribution < -0.4 is 0 Å². The SMILES string of the molecule is O=C(O)[N+]1([O-])N=NN=C1c1nnnn1O. The van der Waals surface area contributed by atoms with Crippen molar-refractivity contribution in [2.24, 2.45) is 15.5 Å². The second-order valence-corrected chi connectivity index (χ2v) is 2.35. The van der Waals surface area contributed by atoms with E-state index in [1.807, 2.05) is 0 Å². The number of hydroxylamine groups is 2. The fraction of sp³-hybridized carbons (Fsp3) is 0. The van der Waals surface area contributed by atoms with Crippen LogP contribution in [0, 0.1) is 5.21 Å². The van der Waals surface area contributed by atoms with E-state index in [-0.39, 0.29) is 4.85 Å². The standard InChI is InChI=1S/C3H2N8O4/c12-3(13)11(15)2(5-7-9-11)1-4-6-8-10(1)14/h14H,(H,12,13). The summed E-state index contributed by atoms with van der Waals surface area (Å²) < 4.78 is -2.22. The van der Waals surface area contributed by atoms with Crippen molar-refractivity contribution >= 4 is 11.9 Å². The molecule has 1 aromatic heterocycles. The maximum absolute atomic E-state index is 11.5. The van der Waals surface area contributed by atoms with Gasteiger partial charge in [-0.05, 0) is 10.4 Å². The minimum atomic E-state index is -2.22. The van der Waals surface area contributed by atoms with Gasteiger partial charge in [-0.3, -0.25) is 0 Å². The maximum atomic E-state index is 11.5. The van der Waals surface area contributed by atoms with Crippen molar-refractivity contribution in [3.8, 4) is 0 Å². The van der Waals surface area contributed by atoms with Gasteiger partial charge >= 0.3 is 17.8 Å². The molecule has 2 rings (SSSR count). The van der Waals surface area contributed by atoms with Crippen molar-refractivity contribution in [2.45, 2.75) is 0 Å². The first kappa shape index (κ1) is 9.10. The second kappa shape index (κ2) is 2.76. The van der Waals surface area contributed by atoms with Gasteiger partial charge in [0.2, 0.25) is 0 Å². The molecule has 0 saturated heterocycles. The number of hydrogen-bond acceptors (Lipinski definition) is 9. The van der Waals surface area contributed by atoms with Gasteiger partial charge in [-0.25, -0.2) is 0 Å². The number of rotatable bonds is 1. The van der Waals surface area contributed by atoms with Crippen LogP contribution in [0.1, 0.15) is 5.82 Å². The van der Waals surface area contributed by atoms with E-state index in [0.717, 1.165) is 0 Å². The molecule has 1 unspecified atom stereocenters.